The summed E-state index contributed by atoms with van der Waals surface area (Å²) in [6.07, 6.45) is 1.66. The van der Waals surface area contributed by atoms with Crippen molar-refractivity contribution in [3.8, 4) is 5.88 Å². The van der Waals surface area contributed by atoms with Gasteiger partial charge in [0.15, 0.2) is 0 Å². The van der Waals surface area contributed by atoms with Gasteiger partial charge < -0.3 is 4.74 Å². The van der Waals surface area contributed by atoms with Crippen molar-refractivity contribution in [2.45, 2.75) is 29.6 Å². The maximum absolute atomic E-state index is 10.8. The van der Waals surface area contributed by atoms with E-state index in [9.17, 15) is 10.1 Å². The number of pyridine rings is 1. The highest BCUT2D eigenvalue weighted by atomic mass is 35.5. The maximum atomic E-state index is 10.8. The molecule has 0 amide bonds. The fourth-order valence-corrected chi connectivity index (χ4v) is 3.50. The molecule has 0 atom stereocenters. The molecule has 0 fully saturated rings. The highest BCUT2D eigenvalue weighted by Crippen LogP contribution is 2.42. The number of nitro benzene ring substituents is 1. The average Bonchev–Trinajstić information content (AvgIpc) is 2.50. The van der Waals surface area contributed by atoms with Gasteiger partial charge in [-0.15, -0.1) is 0 Å². The Hall–Kier alpha value is -1.50. The van der Waals surface area contributed by atoms with Crippen LogP contribution in [0.2, 0.25) is 10.0 Å². The number of rotatable bonds is 5. The second-order valence-electron chi connectivity index (χ2n) is 5.02. The Labute approximate surface area is 148 Å². The van der Waals surface area contributed by atoms with Crippen molar-refractivity contribution in [3.05, 3.63) is 50.1 Å². The lowest BCUT2D eigenvalue weighted by Crippen LogP contribution is -1.97. The quantitative estimate of drug-likeness (QED) is 0.506. The lowest BCUT2D eigenvalue weighted by atomic mass is 10.1. The van der Waals surface area contributed by atoms with E-state index < -0.39 is 4.92 Å². The van der Waals surface area contributed by atoms with Crippen LogP contribution in [-0.4, -0.2) is 17.0 Å². The first kappa shape index (κ1) is 17.8. The Morgan fingerprint density at radius 3 is 2.35 bits per heavy atom. The molecule has 122 valence electrons. The van der Waals surface area contributed by atoms with Gasteiger partial charge in [-0.1, -0.05) is 48.8 Å². The Kier molecular flexibility index (Phi) is 5.73. The molecule has 23 heavy (non-hydrogen) atoms. The number of nitro groups is 1. The van der Waals surface area contributed by atoms with E-state index in [4.69, 9.17) is 27.9 Å². The molecule has 2 aromatic rings. The number of methoxy groups -OCH3 is 1. The molecule has 8 heteroatoms. The van der Waals surface area contributed by atoms with E-state index >= 15 is 0 Å². The molecule has 1 aromatic carbocycles. The molecular weight excluding hydrogens is 359 g/mol. The van der Waals surface area contributed by atoms with Gasteiger partial charge in [0.2, 0.25) is 5.88 Å². The Balaban J connectivity index is 2.40. The van der Waals surface area contributed by atoms with E-state index in [0.29, 0.717) is 10.8 Å². The zero-order valence-corrected chi connectivity index (χ0v) is 15.0. The van der Waals surface area contributed by atoms with Crippen LogP contribution in [0.5, 0.6) is 5.88 Å². The first-order valence-corrected chi connectivity index (χ1v) is 8.26. The standard InChI is InChI=1S/C15H14Cl2N2O3S/c1-8(2)11-6-10(7-18-15(11)22-3)23-14-12(16)4-9(19(20)21)5-13(14)17/h4-8H,1-3H3. The smallest absolute Gasteiger partial charge is 0.272 e. The van der Waals surface area contributed by atoms with Crippen molar-refractivity contribution in [2.24, 2.45) is 0 Å². The Morgan fingerprint density at radius 1 is 1.26 bits per heavy atom. The van der Waals surface area contributed by atoms with Crippen LogP contribution in [-0.2, 0) is 0 Å². The number of ether oxygens (including phenoxy) is 1. The van der Waals surface area contributed by atoms with E-state index in [0.717, 1.165) is 10.5 Å². The zero-order chi connectivity index (χ0) is 17.1. The topological polar surface area (TPSA) is 65.3 Å². The van der Waals surface area contributed by atoms with Crippen LogP contribution in [0.15, 0.2) is 34.2 Å². The first-order chi connectivity index (χ1) is 10.8. The molecule has 1 aromatic heterocycles. The molecule has 0 aliphatic carbocycles. The van der Waals surface area contributed by atoms with Crippen molar-refractivity contribution in [1.29, 1.82) is 0 Å². The van der Waals surface area contributed by atoms with Gasteiger partial charge in [-0.2, -0.15) is 0 Å². The highest BCUT2D eigenvalue weighted by molar-refractivity contribution is 7.99. The number of non-ortho nitro benzene ring substituents is 1. The number of aromatic nitrogens is 1. The van der Waals surface area contributed by atoms with E-state index in [1.165, 1.54) is 23.9 Å². The van der Waals surface area contributed by atoms with Crippen molar-refractivity contribution in [1.82, 2.24) is 4.98 Å². The lowest BCUT2D eigenvalue weighted by Gasteiger charge is -2.13. The molecule has 0 N–H and O–H groups in total. The summed E-state index contributed by atoms with van der Waals surface area (Å²) >= 11 is 13.6. The predicted octanol–water partition coefficient (Wildman–Crippen LogP) is 5.58. The fourth-order valence-electron chi connectivity index (χ4n) is 1.96. The van der Waals surface area contributed by atoms with Gasteiger partial charge in [0.25, 0.3) is 5.69 Å². The van der Waals surface area contributed by atoms with Gasteiger partial charge in [-0.05, 0) is 12.0 Å². The van der Waals surface area contributed by atoms with Gasteiger partial charge in [-0.25, -0.2) is 4.98 Å². The molecular formula is C15H14Cl2N2O3S. The van der Waals surface area contributed by atoms with Crippen LogP contribution >= 0.6 is 35.0 Å². The summed E-state index contributed by atoms with van der Waals surface area (Å²) < 4.78 is 5.25. The highest BCUT2D eigenvalue weighted by Gasteiger charge is 2.17. The summed E-state index contributed by atoms with van der Waals surface area (Å²) in [5.74, 6) is 0.811. The molecule has 0 spiro atoms. The van der Waals surface area contributed by atoms with Crippen LogP contribution in [0.1, 0.15) is 25.3 Å². The predicted molar refractivity (Wildman–Crippen MR) is 92.1 cm³/mol. The summed E-state index contributed by atoms with van der Waals surface area (Å²) in [5.41, 5.74) is 0.826. The fraction of sp³-hybridized carbons (Fsp3) is 0.267. The van der Waals surface area contributed by atoms with E-state index in [1.54, 1.807) is 13.3 Å². The van der Waals surface area contributed by atoms with Crippen molar-refractivity contribution in [2.75, 3.05) is 7.11 Å². The molecule has 2 rings (SSSR count). The van der Waals surface area contributed by atoms with Crippen molar-refractivity contribution in [3.63, 3.8) is 0 Å². The first-order valence-electron chi connectivity index (χ1n) is 6.68. The molecule has 0 bridgehead atoms. The van der Waals surface area contributed by atoms with Crippen LogP contribution in [0.25, 0.3) is 0 Å². The number of halogens is 2. The largest absolute Gasteiger partial charge is 0.481 e. The van der Waals surface area contributed by atoms with Gasteiger partial charge in [0.05, 0.1) is 27.0 Å². The van der Waals surface area contributed by atoms with E-state index in [2.05, 4.69) is 4.98 Å². The minimum absolute atomic E-state index is 0.139. The SMILES string of the molecule is COc1ncc(Sc2c(Cl)cc([N+](=O)[O-])cc2Cl)cc1C(C)C. The monoisotopic (exact) mass is 372 g/mol. The summed E-state index contributed by atoms with van der Waals surface area (Å²) in [4.78, 5) is 16.0. The number of hydrogen-bond acceptors (Lipinski definition) is 5. The summed E-state index contributed by atoms with van der Waals surface area (Å²) in [6, 6.07) is 4.53. The van der Waals surface area contributed by atoms with E-state index in [1.807, 2.05) is 19.9 Å². The second kappa shape index (κ2) is 7.38. The summed E-state index contributed by atoms with van der Waals surface area (Å²) in [7, 11) is 1.57. The Bertz CT molecular complexity index is 730. The van der Waals surface area contributed by atoms with Crippen LogP contribution in [0.4, 0.5) is 5.69 Å². The molecule has 0 aliphatic heterocycles. The third kappa shape index (κ3) is 4.07. The summed E-state index contributed by atoms with van der Waals surface area (Å²) in [6.45, 7) is 4.08. The molecule has 5 nitrogen and oxygen atoms in total. The van der Waals surface area contributed by atoms with E-state index in [-0.39, 0.29) is 21.7 Å². The van der Waals surface area contributed by atoms with Crippen molar-refractivity contribution < 1.29 is 9.66 Å². The van der Waals surface area contributed by atoms with Gasteiger partial charge in [0.1, 0.15) is 0 Å². The zero-order valence-electron chi connectivity index (χ0n) is 12.7. The third-order valence-corrected chi connectivity index (χ3v) is 5.01. The molecule has 0 saturated carbocycles. The molecule has 0 radical (unpaired) electrons. The van der Waals surface area contributed by atoms with Crippen LogP contribution < -0.4 is 4.74 Å². The molecule has 0 aliphatic rings. The normalized spacial score (nSPS) is 10.9. The number of hydrogen-bond donors (Lipinski definition) is 0. The van der Waals surface area contributed by atoms with Gasteiger partial charge in [-0.3, -0.25) is 10.1 Å². The van der Waals surface area contributed by atoms with Crippen molar-refractivity contribution >= 4 is 40.7 Å². The lowest BCUT2D eigenvalue weighted by molar-refractivity contribution is -0.384. The minimum Gasteiger partial charge on any atom is -0.481 e. The van der Waals surface area contributed by atoms with Gasteiger partial charge in [0, 0.05) is 28.8 Å². The number of benzene rings is 1. The van der Waals surface area contributed by atoms with Crippen LogP contribution in [0.3, 0.4) is 0 Å². The summed E-state index contributed by atoms with van der Waals surface area (Å²) in [5, 5.41) is 11.3. The average molecular weight is 373 g/mol. The molecule has 0 unspecified atom stereocenters. The third-order valence-electron chi connectivity index (χ3n) is 3.08. The second-order valence-corrected chi connectivity index (χ2v) is 6.92. The molecule has 1 heterocycles. The van der Waals surface area contributed by atoms with Crippen LogP contribution in [0, 0.1) is 10.1 Å². The Morgan fingerprint density at radius 2 is 1.87 bits per heavy atom. The minimum atomic E-state index is -0.530. The van der Waals surface area contributed by atoms with Gasteiger partial charge >= 0.3 is 0 Å². The maximum Gasteiger partial charge on any atom is 0.272 e. The molecule has 0 saturated heterocycles. The number of nitrogens with zero attached hydrogens (tertiary/aromatic N) is 2.